The molecule has 4 heteroatoms. The molecule has 68 valence electrons. The van der Waals surface area contributed by atoms with Crippen LogP contribution in [0, 0.1) is 17.2 Å². The lowest BCUT2D eigenvalue weighted by Gasteiger charge is -2.09. The molecule has 2 atom stereocenters. The van der Waals surface area contributed by atoms with Crippen molar-refractivity contribution in [1.82, 2.24) is 5.32 Å². The molecule has 1 N–H and O–H groups in total. The highest BCUT2D eigenvalue weighted by molar-refractivity contribution is 7.31. The second-order valence-electron chi connectivity index (χ2n) is 2.47. The van der Waals surface area contributed by atoms with Crippen LogP contribution in [0.5, 0.6) is 0 Å². The minimum absolute atomic E-state index is 0.0920. The van der Waals surface area contributed by atoms with Gasteiger partial charge in [-0.3, -0.25) is 0 Å². The second-order valence-corrected chi connectivity index (χ2v) is 3.09. The summed E-state index contributed by atoms with van der Waals surface area (Å²) in [7, 11) is 0.417. The summed E-state index contributed by atoms with van der Waals surface area (Å²) in [4.78, 5) is 0. The third-order valence-electron chi connectivity index (χ3n) is 1.35. The smallest absolute Gasteiger partial charge is 0.182 e. The summed E-state index contributed by atoms with van der Waals surface area (Å²) in [6.07, 6.45) is 0.825. The van der Waals surface area contributed by atoms with Crippen LogP contribution in [0.2, 0.25) is 0 Å². The molecule has 0 spiro atoms. The average Bonchev–Trinajstić information content (AvgIpc) is 2.04. The summed E-state index contributed by atoms with van der Waals surface area (Å²) in [5.41, 5.74) is 0. The van der Waals surface area contributed by atoms with Gasteiger partial charge in [0.05, 0.1) is 14.9 Å². The molecule has 2 unspecified atom stereocenters. The fraction of sp³-hybridized carbons (Fsp3) is 0.625. The van der Waals surface area contributed by atoms with E-state index >= 15 is 0 Å². The van der Waals surface area contributed by atoms with Crippen LogP contribution in [0.3, 0.4) is 0 Å². The molecule has 0 aliphatic heterocycles. The lowest BCUT2D eigenvalue weighted by molar-refractivity contribution is 0.425. The Morgan fingerprint density at radius 3 is 3.00 bits per heavy atom. The first-order valence-corrected chi connectivity index (χ1v) is 5.27. The normalized spacial score (nSPS) is 12.4. The SMILES string of the molecule is C=C(NCCC(C)C#N)OPC. The Morgan fingerprint density at radius 1 is 1.83 bits per heavy atom. The van der Waals surface area contributed by atoms with E-state index in [4.69, 9.17) is 9.79 Å². The molecule has 0 aromatic rings. The van der Waals surface area contributed by atoms with Crippen molar-refractivity contribution in [3.8, 4) is 6.07 Å². The monoisotopic (exact) mass is 186 g/mol. The molecule has 0 bridgehead atoms. The third-order valence-corrected chi connectivity index (χ3v) is 1.80. The first kappa shape index (κ1) is 11.3. The molecule has 0 saturated carbocycles. The third kappa shape index (κ3) is 6.00. The first-order chi connectivity index (χ1) is 5.70. The molecule has 0 heterocycles. The van der Waals surface area contributed by atoms with Crippen LogP contribution >= 0.6 is 8.81 Å². The number of nitriles is 1. The maximum absolute atomic E-state index is 8.47. The molecule has 12 heavy (non-hydrogen) atoms. The number of rotatable bonds is 6. The second kappa shape index (κ2) is 6.94. The van der Waals surface area contributed by atoms with Crippen LogP contribution in [0.1, 0.15) is 13.3 Å². The van der Waals surface area contributed by atoms with E-state index in [-0.39, 0.29) is 5.92 Å². The average molecular weight is 186 g/mol. The molecular weight excluding hydrogens is 171 g/mol. The molecule has 0 amide bonds. The Balaban J connectivity index is 3.32. The van der Waals surface area contributed by atoms with Gasteiger partial charge in [0.15, 0.2) is 5.88 Å². The lowest BCUT2D eigenvalue weighted by atomic mass is 10.1. The highest BCUT2D eigenvalue weighted by Crippen LogP contribution is 2.08. The summed E-state index contributed by atoms with van der Waals surface area (Å²) in [6.45, 7) is 8.24. The van der Waals surface area contributed by atoms with Crippen molar-refractivity contribution in [2.45, 2.75) is 13.3 Å². The summed E-state index contributed by atoms with van der Waals surface area (Å²) in [6, 6.07) is 2.16. The summed E-state index contributed by atoms with van der Waals surface area (Å²) in [5.74, 6) is 0.690. The molecular formula is C8H15N2OP. The summed E-state index contributed by atoms with van der Waals surface area (Å²) in [5, 5.41) is 11.5. The lowest BCUT2D eigenvalue weighted by Crippen LogP contribution is -2.16. The van der Waals surface area contributed by atoms with Crippen LogP contribution in [0.25, 0.3) is 0 Å². The summed E-state index contributed by atoms with van der Waals surface area (Å²) < 4.78 is 5.10. The predicted molar refractivity (Wildman–Crippen MR) is 51.9 cm³/mol. The molecule has 0 saturated heterocycles. The van der Waals surface area contributed by atoms with Gasteiger partial charge in [-0.05, 0) is 26.6 Å². The van der Waals surface area contributed by atoms with E-state index in [0.717, 1.165) is 13.0 Å². The van der Waals surface area contributed by atoms with Crippen molar-refractivity contribution in [3.63, 3.8) is 0 Å². The highest BCUT2D eigenvalue weighted by Gasteiger charge is 1.98. The van der Waals surface area contributed by atoms with Crippen LogP contribution < -0.4 is 5.32 Å². The Labute approximate surface area is 75.7 Å². The zero-order valence-electron chi connectivity index (χ0n) is 7.55. The summed E-state index contributed by atoms with van der Waals surface area (Å²) >= 11 is 0. The van der Waals surface area contributed by atoms with Crippen LogP contribution in [-0.2, 0) is 4.52 Å². The van der Waals surface area contributed by atoms with E-state index in [0.29, 0.717) is 14.7 Å². The fourth-order valence-corrected chi connectivity index (χ4v) is 0.970. The molecule has 3 nitrogen and oxygen atoms in total. The molecule has 0 fully saturated rings. The van der Waals surface area contributed by atoms with Crippen molar-refractivity contribution in [1.29, 1.82) is 5.26 Å². The van der Waals surface area contributed by atoms with Crippen LogP contribution in [-0.4, -0.2) is 13.2 Å². The van der Waals surface area contributed by atoms with E-state index < -0.39 is 0 Å². The van der Waals surface area contributed by atoms with Gasteiger partial charge in [-0.25, -0.2) is 0 Å². The maximum atomic E-state index is 8.47. The van der Waals surface area contributed by atoms with Crippen LogP contribution in [0.4, 0.5) is 0 Å². The van der Waals surface area contributed by atoms with Crippen molar-refractivity contribution < 1.29 is 4.52 Å². The van der Waals surface area contributed by atoms with Gasteiger partial charge >= 0.3 is 0 Å². The topological polar surface area (TPSA) is 45.0 Å². The Hall–Kier alpha value is -0.740. The minimum atomic E-state index is 0.0920. The van der Waals surface area contributed by atoms with Gasteiger partial charge in [0.25, 0.3) is 0 Å². The molecule has 0 rings (SSSR count). The van der Waals surface area contributed by atoms with Crippen molar-refractivity contribution >= 4 is 8.81 Å². The van der Waals surface area contributed by atoms with Gasteiger partial charge < -0.3 is 9.84 Å². The Bertz CT molecular complexity index is 176. The van der Waals surface area contributed by atoms with Gasteiger partial charge in [0.2, 0.25) is 0 Å². The van der Waals surface area contributed by atoms with E-state index in [1.807, 2.05) is 13.6 Å². The van der Waals surface area contributed by atoms with E-state index in [9.17, 15) is 0 Å². The van der Waals surface area contributed by atoms with Gasteiger partial charge in [-0.2, -0.15) is 5.26 Å². The molecule has 0 aliphatic carbocycles. The van der Waals surface area contributed by atoms with Crippen molar-refractivity contribution in [2.24, 2.45) is 5.92 Å². The molecule has 0 aromatic carbocycles. The number of nitrogens with one attached hydrogen (secondary N) is 1. The highest BCUT2D eigenvalue weighted by atomic mass is 31.1. The van der Waals surface area contributed by atoms with Gasteiger partial charge in [0.1, 0.15) is 0 Å². The Morgan fingerprint density at radius 2 is 2.50 bits per heavy atom. The Kier molecular flexibility index (Phi) is 6.51. The molecule has 0 aromatic heterocycles. The maximum Gasteiger partial charge on any atom is 0.182 e. The quantitative estimate of drug-likeness (QED) is 0.508. The standard InChI is InChI=1S/C8H15N2OP/c1-7(6-9)4-5-10-8(2)11-12-3/h7,10,12H,2,4-5H2,1,3H3. The zero-order chi connectivity index (χ0) is 9.40. The first-order valence-electron chi connectivity index (χ1n) is 3.86. The van der Waals surface area contributed by atoms with Crippen molar-refractivity contribution in [2.75, 3.05) is 13.2 Å². The van der Waals surface area contributed by atoms with Gasteiger partial charge in [0, 0.05) is 12.5 Å². The predicted octanol–water partition coefficient (Wildman–Crippen LogP) is 1.84. The van der Waals surface area contributed by atoms with Crippen molar-refractivity contribution in [3.05, 3.63) is 12.5 Å². The zero-order valence-corrected chi connectivity index (χ0v) is 8.55. The van der Waals surface area contributed by atoms with Gasteiger partial charge in [-0.15, -0.1) is 0 Å². The van der Waals surface area contributed by atoms with Gasteiger partial charge in [-0.1, -0.05) is 0 Å². The van der Waals surface area contributed by atoms with E-state index in [2.05, 4.69) is 18.0 Å². The van der Waals surface area contributed by atoms with E-state index in [1.54, 1.807) is 0 Å². The molecule has 0 aliphatic rings. The number of hydrogen-bond acceptors (Lipinski definition) is 3. The van der Waals surface area contributed by atoms with Crippen LogP contribution in [0.15, 0.2) is 12.5 Å². The fourth-order valence-electron chi connectivity index (χ4n) is 0.652. The van der Waals surface area contributed by atoms with E-state index in [1.165, 1.54) is 0 Å². The largest absolute Gasteiger partial charge is 0.463 e. The molecule has 0 radical (unpaired) electrons. The number of hydrogen-bond donors (Lipinski definition) is 1. The minimum Gasteiger partial charge on any atom is -0.463 e. The number of nitrogens with zero attached hydrogens (tertiary/aromatic N) is 1.